The lowest BCUT2D eigenvalue weighted by atomic mass is 10.2. The summed E-state index contributed by atoms with van der Waals surface area (Å²) in [6, 6.07) is 9.96. The molecule has 0 atom stereocenters. The lowest BCUT2D eigenvalue weighted by Gasteiger charge is -2.08. The first kappa shape index (κ1) is 32.8. The van der Waals surface area contributed by atoms with E-state index < -0.39 is 28.4 Å². The van der Waals surface area contributed by atoms with Crippen molar-refractivity contribution in [2.75, 3.05) is 17.2 Å². The third-order valence-electron chi connectivity index (χ3n) is 6.58. The number of anilines is 2. The number of rotatable bonds is 13. The molecule has 240 valence electrons. The molecule has 16 heteroatoms. The highest BCUT2D eigenvalue weighted by Crippen LogP contribution is 2.21. The van der Waals surface area contributed by atoms with E-state index in [2.05, 4.69) is 30.9 Å². The first-order valence-electron chi connectivity index (χ1n) is 14.2. The van der Waals surface area contributed by atoms with Crippen molar-refractivity contribution in [3.63, 3.8) is 0 Å². The van der Waals surface area contributed by atoms with Gasteiger partial charge in [-0.15, -0.1) is 0 Å². The highest BCUT2D eigenvalue weighted by Gasteiger charge is 2.10. The summed E-state index contributed by atoms with van der Waals surface area (Å²) in [5.41, 5.74) is -0.262. The summed E-state index contributed by atoms with van der Waals surface area (Å²) in [7, 11) is 0. The van der Waals surface area contributed by atoms with Gasteiger partial charge in [-0.1, -0.05) is 12.1 Å². The first-order chi connectivity index (χ1) is 22.0. The van der Waals surface area contributed by atoms with Crippen LogP contribution in [0.3, 0.4) is 0 Å². The monoisotopic (exact) mass is 632 g/mol. The van der Waals surface area contributed by atoms with E-state index in [-0.39, 0.29) is 62.5 Å². The number of hydrogen-bond acceptors (Lipinski definition) is 9. The van der Waals surface area contributed by atoms with Gasteiger partial charge in [-0.25, -0.2) is 14.6 Å². The molecule has 5 N–H and O–H groups in total. The van der Waals surface area contributed by atoms with E-state index in [4.69, 9.17) is 4.42 Å². The van der Waals surface area contributed by atoms with Gasteiger partial charge in [0.15, 0.2) is 0 Å². The van der Waals surface area contributed by atoms with E-state index in [0.29, 0.717) is 22.4 Å². The number of benzene rings is 1. The third kappa shape index (κ3) is 9.47. The average Bonchev–Trinajstić information content (AvgIpc) is 3.45. The van der Waals surface area contributed by atoms with Crippen LogP contribution in [0.1, 0.15) is 36.0 Å². The lowest BCUT2D eigenvalue weighted by molar-refractivity contribution is -0.121. The Labute approximate surface area is 260 Å². The molecular formula is C30H32N8O8. The molecule has 0 saturated carbocycles. The molecule has 0 aliphatic rings. The van der Waals surface area contributed by atoms with Gasteiger partial charge in [0, 0.05) is 86.5 Å². The van der Waals surface area contributed by atoms with Gasteiger partial charge in [0.25, 0.3) is 11.1 Å². The second-order valence-corrected chi connectivity index (χ2v) is 10.2. The quantitative estimate of drug-likeness (QED) is 0.133. The Morgan fingerprint density at radius 2 is 1.41 bits per heavy atom. The molecule has 3 heterocycles. The van der Waals surface area contributed by atoms with Crippen LogP contribution in [0.4, 0.5) is 17.5 Å². The number of carbonyl (C=O) groups is 3. The molecule has 0 fully saturated rings. The highest BCUT2D eigenvalue weighted by molar-refractivity contribution is 5.93. The molecule has 0 bridgehead atoms. The van der Waals surface area contributed by atoms with Crippen LogP contribution in [0.2, 0.25) is 0 Å². The van der Waals surface area contributed by atoms with Gasteiger partial charge in [0.05, 0.1) is 0 Å². The molecule has 1 aromatic carbocycles. The molecule has 46 heavy (non-hydrogen) atoms. The summed E-state index contributed by atoms with van der Waals surface area (Å²) >= 11 is 0. The minimum atomic E-state index is -0.599. The van der Waals surface area contributed by atoms with E-state index in [1.54, 1.807) is 44.2 Å². The van der Waals surface area contributed by atoms with Crippen LogP contribution in [0, 0.1) is 13.8 Å². The van der Waals surface area contributed by atoms with Gasteiger partial charge >= 0.3 is 11.4 Å². The summed E-state index contributed by atoms with van der Waals surface area (Å²) in [6.45, 7) is 3.36. The molecule has 0 aliphatic heterocycles. The fourth-order valence-corrected chi connectivity index (χ4v) is 4.14. The van der Waals surface area contributed by atoms with Gasteiger partial charge in [0.1, 0.15) is 0 Å². The van der Waals surface area contributed by atoms with Crippen LogP contribution in [0.25, 0.3) is 0 Å². The molecule has 16 nitrogen and oxygen atoms in total. The fraction of sp³-hybridized carbons (Fsp3) is 0.267. The zero-order valence-electron chi connectivity index (χ0n) is 25.0. The van der Waals surface area contributed by atoms with Crippen molar-refractivity contribution in [3.05, 3.63) is 107 Å². The van der Waals surface area contributed by atoms with Crippen molar-refractivity contribution in [2.24, 2.45) is 4.99 Å². The van der Waals surface area contributed by atoms with Crippen molar-refractivity contribution in [1.82, 2.24) is 24.4 Å². The molecular weight excluding hydrogens is 600 g/mol. The Morgan fingerprint density at radius 1 is 0.804 bits per heavy atom. The smallest absolute Gasteiger partial charge is 0.328 e. The molecule has 0 unspecified atom stereocenters. The Bertz CT molecular complexity index is 2010. The van der Waals surface area contributed by atoms with Gasteiger partial charge in [-0.3, -0.25) is 48.4 Å². The fourth-order valence-electron chi connectivity index (χ4n) is 4.14. The Hall–Kier alpha value is -6.06. The predicted molar refractivity (Wildman–Crippen MR) is 169 cm³/mol. The van der Waals surface area contributed by atoms with Crippen molar-refractivity contribution in [3.8, 4) is 0 Å². The maximum Gasteiger partial charge on any atom is 0.328 e. The van der Waals surface area contributed by atoms with Crippen molar-refractivity contribution in [2.45, 2.75) is 46.2 Å². The topological polar surface area (TPSA) is 223 Å². The summed E-state index contributed by atoms with van der Waals surface area (Å²) in [5, 5.41) is 7.96. The highest BCUT2D eigenvalue weighted by atomic mass is 16.4. The summed E-state index contributed by atoms with van der Waals surface area (Å²) in [6.07, 6.45) is 4.28. The number of amides is 3. The predicted octanol–water partition coefficient (Wildman–Crippen LogP) is 0.911. The maximum atomic E-state index is 12.4. The minimum absolute atomic E-state index is 0.00163. The Morgan fingerprint density at radius 3 is 2.07 bits per heavy atom. The number of aliphatic imine (C=N–C) groups is 1. The molecule has 3 aromatic heterocycles. The normalized spacial score (nSPS) is 11.0. The van der Waals surface area contributed by atoms with Crippen LogP contribution in [-0.4, -0.2) is 49.6 Å². The number of aromatic nitrogens is 4. The van der Waals surface area contributed by atoms with E-state index in [9.17, 15) is 33.6 Å². The Balaban J connectivity index is 1.20. The van der Waals surface area contributed by atoms with Gasteiger partial charge in [-0.05, 0) is 31.5 Å². The minimum Gasteiger partial charge on any atom is -0.423 e. The van der Waals surface area contributed by atoms with E-state index in [1.165, 1.54) is 33.8 Å². The van der Waals surface area contributed by atoms with E-state index in [0.717, 1.165) is 0 Å². The summed E-state index contributed by atoms with van der Waals surface area (Å²) < 4.78 is 8.01. The molecule has 3 amide bonds. The van der Waals surface area contributed by atoms with Crippen molar-refractivity contribution in [1.29, 1.82) is 0 Å². The maximum absolute atomic E-state index is 12.4. The SMILES string of the molecule is Cc1cn(CCC(=O)NCCC(=O)Nc2cccc(/C=N/c3ccc(NC(=O)CCn4cc(C)c(=O)[nH]c4=O)o3)c2)c(=O)[nH]c1=O. The van der Waals surface area contributed by atoms with Gasteiger partial charge in [0.2, 0.25) is 29.5 Å². The number of aromatic amines is 2. The van der Waals surface area contributed by atoms with Crippen molar-refractivity contribution < 1.29 is 18.8 Å². The van der Waals surface area contributed by atoms with Gasteiger partial charge < -0.3 is 15.1 Å². The van der Waals surface area contributed by atoms with Crippen LogP contribution in [0.15, 0.2) is 77.4 Å². The second-order valence-electron chi connectivity index (χ2n) is 10.2. The zero-order chi connectivity index (χ0) is 33.2. The standard InChI is InChI=1S/C30H32N8O8/c1-18-16-37(29(44)35-27(18)42)12-9-22(39)31-11-8-23(40)33-21-5-3-4-20(14-21)15-32-25-6-7-26(46-25)34-24(41)10-13-38-17-19(2)28(43)36-30(38)45/h3-7,14-17H,8-13H2,1-2H3,(H,31,39)(H,33,40)(H,34,41)(H,35,42,44)(H,36,43,45)/b32-15+. The van der Waals surface area contributed by atoms with Crippen LogP contribution < -0.4 is 38.4 Å². The number of furan rings is 1. The molecule has 0 radical (unpaired) electrons. The number of hydrogen-bond donors (Lipinski definition) is 5. The number of nitrogens with zero attached hydrogens (tertiary/aromatic N) is 3. The lowest BCUT2D eigenvalue weighted by Crippen LogP contribution is -2.33. The zero-order valence-corrected chi connectivity index (χ0v) is 25.0. The number of nitrogens with one attached hydrogen (secondary N) is 5. The van der Waals surface area contributed by atoms with E-state index in [1.807, 2.05) is 0 Å². The summed E-state index contributed by atoms with van der Waals surface area (Å²) in [5.74, 6) is -0.695. The van der Waals surface area contributed by atoms with E-state index >= 15 is 0 Å². The molecule has 4 aromatic rings. The number of aryl methyl sites for hydroxylation is 4. The third-order valence-corrected chi connectivity index (χ3v) is 6.58. The van der Waals surface area contributed by atoms with Crippen molar-refractivity contribution >= 4 is 41.4 Å². The summed E-state index contributed by atoms with van der Waals surface area (Å²) in [4.78, 5) is 92.0. The molecule has 0 aliphatic carbocycles. The molecule has 0 spiro atoms. The van der Waals surface area contributed by atoms with Crippen LogP contribution in [0.5, 0.6) is 0 Å². The number of carbonyl (C=O) groups excluding carboxylic acids is 3. The first-order valence-corrected chi connectivity index (χ1v) is 14.2. The number of H-pyrrole nitrogens is 2. The molecule has 0 saturated heterocycles. The van der Waals surface area contributed by atoms with Crippen LogP contribution in [-0.2, 0) is 27.5 Å². The largest absolute Gasteiger partial charge is 0.423 e. The molecule has 4 rings (SSSR count). The second kappa shape index (κ2) is 15.1. The van der Waals surface area contributed by atoms with Crippen LogP contribution >= 0.6 is 0 Å². The average molecular weight is 633 g/mol. The van der Waals surface area contributed by atoms with Gasteiger partial charge in [-0.2, -0.15) is 0 Å². The Kier molecular flexibility index (Phi) is 10.8.